The molecule has 0 unspecified atom stereocenters. The Labute approximate surface area is 118 Å². The van der Waals surface area contributed by atoms with Crippen molar-refractivity contribution in [1.82, 2.24) is 9.97 Å². The molecule has 1 N–H and O–H groups in total. The van der Waals surface area contributed by atoms with Crippen molar-refractivity contribution in [2.45, 2.75) is 19.8 Å². The number of hydrogen-bond acceptors (Lipinski definition) is 2. The predicted octanol–water partition coefficient (Wildman–Crippen LogP) is 3.67. The van der Waals surface area contributed by atoms with Gasteiger partial charge in [-0.05, 0) is 31.0 Å². The first-order chi connectivity index (χ1) is 9.74. The molecule has 20 heavy (non-hydrogen) atoms. The van der Waals surface area contributed by atoms with E-state index in [2.05, 4.69) is 41.2 Å². The molecule has 0 spiro atoms. The van der Waals surface area contributed by atoms with Crippen molar-refractivity contribution in [3.8, 4) is 5.75 Å². The Hall–Kier alpha value is -2.29. The van der Waals surface area contributed by atoms with Crippen molar-refractivity contribution < 1.29 is 4.74 Å². The zero-order valence-corrected chi connectivity index (χ0v) is 11.8. The molecule has 1 heterocycles. The van der Waals surface area contributed by atoms with E-state index in [1.807, 2.05) is 18.2 Å². The first kappa shape index (κ1) is 12.7. The Bertz CT molecular complexity index is 713. The van der Waals surface area contributed by atoms with Crippen molar-refractivity contribution >= 4 is 11.0 Å². The highest BCUT2D eigenvalue weighted by molar-refractivity contribution is 5.76. The van der Waals surface area contributed by atoms with Gasteiger partial charge in [0.05, 0.1) is 18.1 Å². The summed E-state index contributed by atoms with van der Waals surface area (Å²) in [6.07, 6.45) is 1.91. The molecule has 2 aromatic carbocycles. The third kappa shape index (κ3) is 2.67. The molecule has 0 fully saturated rings. The van der Waals surface area contributed by atoms with Gasteiger partial charge < -0.3 is 9.72 Å². The molecule has 0 bridgehead atoms. The summed E-state index contributed by atoms with van der Waals surface area (Å²) in [5.74, 6) is 1.88. The smallest absolute Gasteiger partial charge is 0.121 e. The number of methoxy groups -OCH3 is 1. The molecular weight excluding hydrogens is 248 g/mol. The Morgan fingerprint density at radius 3 is 2.60 bits per heavy atom. The highest BCUT2D eigenvalue weighted by Gasteiger charge is 2.04. The van der Waals surface area contributed by atoms with E-state index in [1.165, 1.54) is 11.1 Å². The minimum absolute atomic E-state index is 0.853. The van der Waals surface area contributed by atoms with Gasteiger partial charge >= 0.3 is 0 Å². The number of nitrogens with zero attached hydrogens (tertiary/aromatic N) is 1. The number of aromatic amines is 1. The maximum absolute atomic E-state index is 5.22. The van der Waals surface area contributed by atoms with Gasteiger partial charge in [-0.15, -0.1) is 0 Å². The summed E-state index contributed by atoms with van der Waals surface area (Å²) in [6, 6.07) is 14.6. The molecule has 3 aromatic rings. The number of imidazole rings is 1. The highest BCUT2D eigenvalue weighted by atomic mass is 16.5. The summed E-state index contributed by atoms with van der Waals surface area (Å²) in [5, 5.41) is 0. The van der Waals surface area contributed by atoms with Crippen LogP contribution in [-0.4, -0.2) is 17.1 Å². The minimum atomic E-state index is 0.853. The van der Waals surface area contributed by atoms with Gasteiger partial charge in [-0.3, -0.25) is 0 Å². The lowest BCUT2D eigenvalue weighted by Gasteiger charge is -2.00. The largest absolute Gasteiger partial charge is 0.497 e. The van der Waals surface area contributed by atoms with Crippen LogP contribution in [0.1, 0.15) is 17.0 Å². The molecule has 0 atom stereocenters. The lowest BCUT2D eigenvalue weighted by atomic mass is 10.1. The van der Waals surface area contributed by atoms with Crippen LogP contribution in [0.3, 0.4) is 0 Å². The van der Waals surface area contributed by atoms with Crippen molar-refractivity contribution in [1.29, 1.82) is 0 Å². The second-order valence-corrected chi connectivity index (χ2v) is 5.05. The highest BCUT2D eigenvalue weighted by Crippen LogP contribution is 2.19. The normalized spacial score (nSPS) is 10.9. The molecule has 0 aliphatic heterocycles. The lowest BCUT2D eigenvalue weighted by molar-refractivity contribution is 0.415. The predicted molar refractivity (Wildman–Crippen MR) is 81.2 cm³/mol. The van der Waals surface area contributed by atoms with Crippen LogP contribution >= 0.6 is 0 Å². The zero-order chi connectivity index (χ0) is 13.9. The average molecular weight is 266 g/mol. The van der Waals surface area contributed by atoms with Crippen molar-refractivity contribution in [2.24, 2.45) is 0 Å². The molecule has 3 nitrogen and oxygen atoms in total. The maximum atomic E-state index is 5.22. The topological polar surface area (TPSA) is 37.9 Å². The van der Waals surface area contributed by atoms with Gasteiger partial charge in [0.2, 0.25) is 0 Å². The SMILES string of the molecule is COc1ccc2nc(CCc3ccc(C)cc3)[nH]c2c1. The number of ether oxygens (including phenoxy) is 1. The van der Waals surface area contributed by atoms with Crippen LogP contribution in [0, 0.1) is 6.92 Å². The van der Waals surface area contributed by atoms with Crippen molar-refractivity contribution in [2.75, 3.05) is 7.11 Å². The third-order valence-electron chi connectivity index (χ3n) is 3.51. The van der Waals surface area contributed by atoms with Crippen LogP contribution in [0.25, 0.3) is 11.0 Å². The Kier molecular flexibility index (Phi) is 3.42. The summed E-state index contributed by atoms with van der Waals surface area (Å²) in [5.41, 5.74) is 4.66. The van der Waals surface area contributed by atoms with Gasteiger partial charge in [0.1, 0.15) is 11.6 Å². The third-order valence-corrected chi connectivity index (χ3v) is 3.51. The molecule has 3 rings (SSSR count). The number of aromatic nitrogens is 2. The fraction of sp³-hybridized carbons (Fsp3) is 0.235. The number of benzene rings is 2. The Morgan fingerprint density at radius 2 is 1.85 bits per heavy atom. The van der Waals surface area contributed by atoms with E-state index in [9.17, 15) is 0 Å². The van der Waals surface area contributed by atoms with Gasteiger partial charge in [0, 0.05) is 12.5 Å². The summed E-state index contributed by atoms with van der Waals surface area (Å²) >= 11 is 0. The number of fused-ring (bicyclic) bond motifs is 1. The standard InChI is InChI=1S/C17H18N2O/c1-12-3-5-13(6-4-12)7-10-17-18-15-9-8-14(20-2)11-16(15)19-17/h3-6,8-9,11H,7,10H2,1-2H3,(H,18,19). The van der Waals surface area contributed by atoms with Crippen LogP contribution < -0.4 is 4.74 Å². The van der Waals surface area contributed by atoms with Crippen molar-refractivity contribution in [3.05, 3.63) is 59.4 Å². The number of rotatable bonds is 4. The molecule has 0 aliphatic carbocycles. The summed E-state index contributed by atoms with van der Waals surface area (Å²) < 4.78 is 5.22. The number of aryl methyl sites for hydroxylation is 3. The van der Waals surface area contributed by atoms with Gasteiger partial charge in [0.15, 0.2) is 0 Å². The van der Waals surface area contributed by atoms with Crippen molar-refractivity contribution in [3.63, 3.8) is 0 Å². The van der Waals surface area contributed by atoms with Crippen LogP contribution in [0.5, 0.6) is 5.75 Å². The summed E-state index contributed by atoms with van der Waals surface area (Å²) in [6.45, 7) is 2.11. The fourth-order valence-corrected chi connectivity index (χ4v) is 2.30. The first-order valence-corrected chi connectivity index (χ1v) is 6.83. The average Bonchev–Trinajstić information content (AvgIpc) is 2.88. The van der Waals surface area contributed by atoms with Crippen LogP contribution in [0.15, 0.2) is 42.5 Å². The van der Waals surface area contributed by atoms with E-state index in [4.69, 9.17) is 4.74 Å². The maximum Gasteiger partial charge on any atom is 0.121 e. The Balaban J connectivity index is 1.75. The van der Waals surface area contributed by atoms with Crippen LogP contribution in [0.2, 0.25) is 0 Å². The molecule has 0 saturated carbocycles. The van der Waals surface area contributed by atoms with Gasteiger partial charge in [-0.1, -0.05) is 29.8 Å². The monoisotopic (exact) mass is 266 g/mol. The van der Waals surface area contributed by atoms with E-state index in [1.54, 1.807) is 7.11 Å². The lowest BCUT2D eigenvalue weighted by Crippen LogP contribution is -1.93. The second kappa shape index (κ2) is 5.37. The molecule has 102 valence electrons. The van der Waals surface area contributed by atoms with Crippen LogP contribution in [-0.2, 0) is 12.8 Å². The molecule has 0 radical (unpaired) electrons. The molecule has 0 saturated heterocycles. The van der Waals surface area contributed by atoms with E-state index < -0.39 is 0 Å². The summed E-state index contributed by atoms with van der Waals surface area (Å²) in [7, 11) is 1.68. The quantitative estimate of drug-likeness (QED) is 0.782. The van der Waals surface area contributed by atoms with Gasteiger partial charge in [0.25, 0.3) is 0 Å². The molecular formula is C17H18N2O. The summed E-state index contributed by atoms with van der Waals surface area (Å²) in [4.78, 5) is 7.97. The number of nitrogens with one attached hydrogen (secondary N) is 1. The molecule has 0 amide bonds. The molecule has 0 aliphatic rings. The molecule has 1 aromatic heterocycles. The van der Waals surface area contributed by atoms with Gasteiger partial charge in [-0.25, -0.2) is 4.98 Å². The van der Waals surface area contributed by atoms with E-state index in [0.717, 1.165) is 35.4 Å². The van der Waals surface area contributed by atoms with E-state index in [0.29, 0.717) is 0 Å². The van der Waals surface area contributed by atoms with E-state index >= 15 is 0 Å². The van der Waals surface area contributed by atoms with Gasteiger partial charge in [-0.2, -0.15) is 0 Å². The first-order valence-electron chi connectivity index (χ1n) is 6.83. The van der Waals surface area contributed by atoms with E-state index in [-0.39, 0.29) is 0 Å². The number of H-pyrrole nitrogens is 1. The number of hydrogen-bond donors (Lipinski definition) is 1. The fourth-order valence-electron chi connectivity index (χ4n) is 2.30. The molecule has 3 heteroatoms. The second-order valence-electron chi connectivity index (χ2n) is 5.05. The Morgan fingerprint density at radius 1 is 1.05 bits per heavy atom. The van der Waals surface area contributed by atoms with Crippen LogP contribution in [0.4, 0.5) is 0 Å². The minimum Gasteiger partial charge on any atom is -0.497 e. The zero-order valence-electron chi connectivity index (χ0n) is 11.8.